The zero-order chi connectivity index (χ0) is 14.0. The van der Waals surface area contributed by atoms with Gasteiger partial charge in [0.05, 0.1) is 0 Å². The van der Waals surface area contributed by atoms with E-state index < -0.39 is 0 Å². The third kappa shape index (κ3) is 2.55. The van der Waals surface area contributed by atoms with Gasteiger partial charge in [-0.2, -0.15) is 0 Å². The quantitative estimate of drug-likeness (QED) is 0.831. The van der Waals surface area contributed by atoms with Crippen LogP contribution in [-0.4, -0.2) is 5.11 Å². The first-order valence-corrected chi connectivity index (χ1v) is 6.56. The molecule has 0 bridgehead atoms. The minimum atomic E-state index is 0.146. The average Bonchev–Trinajstić information content (AvgIpc) is 2.42. The van der Waals surface area contributed by atoms with E-state index in [9.17, 15) is 5.11 Å². The zero-order valence-electron chi connectivity index (χ0n) is 11.8. The Morgan fingerprint density at radius 3 is 2.47 bits per heavy atom. The van der Waals surface area contributed by atoms with Crippen LogP contribution in [0.4, 0.5) is 0 Å². The van der Waals surface area contributed by atoms with Gasteiger partial charge in [0.25, 0.3) is 0 Å². The minimum Gasteiger partial charge on any atom is -0.507 e. The molecular weight excluding hydrogens is 232 g/mol. The molecule has 0 aliphatic rings. The second-order valence-electron chi connectivity index (χ2n) is 5.07. The summed E-state index contributed by atoms with van der Waals surface area (Å²) >= 11 is 0. The number of hydrogen-bond donors (Lipinski definition) is 1. The molecule has 2 rings (SSSR count). The Kier molecular flexibility index (Phi) is 3.75. The Balaban J connectivity index is 2.56. The van der Waals surface area contributed by atoms with Crippen molar-refractivity contribution in [3.8, 4) is 5.75 Å². The van der Waals surface area contributed by atoms with Crippen LogP contribution in [0.5, 0.6) is 5.75 Å². The maximum Gasteiger partial charge on any atom is 0.122 e. The van der Waals surface area contributed by atoms with E-state index in [1.807, 2.05) is 31.2 Å². The predicted octanol–water partition coefficient (Wildman–Crippen LogP) is 4.80. The van der Waals surface area contributed by atoms with Gasteiger partial charge in [-0.1, -0.05) is 61.5 Å². The Hall–Kier alpha value is -2.02. The van der Waals surface area contributed by atoms with Crippen molar-refractivity contribution in [1.82, 2.24) is 0 Å². The Morgan fingerprint density at radius 2 is 1.79 bits per heavy atom. The fourth-order valence-corrected chi connectivity index (χ4v) is 2.58. The Morgan fingerprint density at radius 1 is 1.11 bits per heavy atom. The van der Waals surface area contributed by atoms with Crippen LogP contribution in [0.3, 0.4) is 0 Å². The smallest absolute Gasteiger partial charge is 0.122 e. The van der Waals surface area contributed by atoms with E-state index in [0.29, 0.717) is 5.75 Å². The number of aryl methyl sites for hydroxylation is 2. The van der Waals surface area contributed by atoms with Gasteiger partial charge in [0, 0.05) is 11.5 Å². The molecule has 0 saturated carbocycles. The van der Waals surface area contributed by atoms with Crippen molar-refractivity contribution in [2.75, 3.05) is 0 Å². The number of rotatable bonds is 3. The molecular formula is C18H20O. The minimum absolute atomic E-state index is 0.146. The largest absolute Gasteiger partial charge is 0.507 e. The van der Waals surface area contributed by atoms with E-state index >= 15 is 0 Å². The van der Waals surface area contributed by atoms with E-state index in [2.05, 4.69) is 38.6 Å². The standard InChI is InChI=1S/C18H20O/c1-5-15-8-6-7-9-16(15)14(4)17-11-12(2)10-13(3)18(17)19/h5-11,14,19H,1H2,2-4H3. The highest BCUT2D eigenvalue weighted by atomic mass is 16.3. The summed E-state index contributed by atoms with van der Waals surface area (Å²) in [5.74, 6) is 0.546. The molecule has 19 heavy (non-hydrogen) atoms. The molecule has 1 heteroatoms. The van der Waals surface area contributed by atoms with E-state index in [1.165, 1.54) is 11.1 Å². The molecule has 0 saturated heterocycles. The van der Waals surface area contributed by atoms with Crippen LogP contribution in [0, 0.1) is 13.8 Å². The van der Waals surface area contributed by atoms with E-state index in [-0.39, 0.29) is 5.92 Å². The molecule has 0 aliphatic heterocycles. The molecule has 1 unspecified atom stereocenters. The fourth-order valence-electron chi connectivity index (χ4n) is 2.58. The number of aromatic hydroxyl groups is 1. The number of benzene rings is 2. The summed E-state index contributed by atoms with van der Waals surface area (Å²) < 4.78 is 0. The van der Waals surface area contributed by atoms with Crippen LogP contribution in [0.15, 0.2) is 43.0 Å². The average molecular weight is 252 g/mol. The molecule has 0 aromatic heterocycles. The molecule has 0 radical (unpaired) electrons. The highest BCUT2D eigenvalue weighted by Gasteiger charge is 2.16. The lowest BCUT2D eigenvalue weighted by atomic mass is 9.87. The van der Waals surface area contributed by atoms with Gasteiger partial charge in [-0.15, -0.1) is 0 Å². The predicted molar refractivity (Wildman–Crippen MR) is 81.6 cm³/mol. The first-order valence-electron chi connectivity index (χ1n) is 6.56. The lowest BCUT2D eigenvalue weighted by molar-refractivity contribution is 0.461. The number of phenols is 1. The summed E-state index contributed by atoms with van der Waals surface area (Å²) in [7, 11) is 0. The van der Waals surface area contributed by atoms with Gasteiger partial charge in [0.1, 0.15) is 5.75 Å². The fraction of sp³-hybridized carbons (Fsp3) is 0.222. The topological polar surface area (TPSA) is 20.2 Å². The summed E-state index contributed by atoms with van der Waals surface area (Å²) in [6.07, 6.45) is 1.87. The van der Waals surface area contributed by atoms with Gasteiger partial charge in [-0.3, -0.25) is 0 Å². The number of hydrogen-bond acceptors (Lipinski definition) is 1. The van der Waals surface area contributed by atoms with Crippen LogP contribution >= 0.6 is 0 Å². The van der Waals surface area contributed by atoms with Crippen molar-refractivity contribution in [1.29, 1.82) is 0 Å². The van der Waals surface area contributed by atoms with Gasteiger partial charge < -0.3 is 5.11 Å². The van der Waals surface area contributed by atoms with Gasteiger partial charge in [0.2, 0.25) is 0 Å². The van der Waals surface area contributed by atoms with Crippen LogP contribution in [-0.2, 0) is 0 Å². The molecule has 0 heterocycles. The molecule has 0 aliphatic carbocycles. The molecule has 0 amide bonds. The SMILES string of the molecule is C=Cc1ccccc1C(C)c1cc(C)cc(C)c1O. The molecule has 0 fully saturated rings. The van der Waals surface area contributed by atoms with Gasteiger partial charge in [-0.25, -0.2) is 0 Å². The summed E-state index contributed by atoms with van der Waals surface area (Å²) in [5.41, 5.74) is 5.39. The molecule has 2 aromatic rings. The highest BCUT2D eigenvalue weighted by Crippen LogP contribution is 2.35. The Labute approximate surface area is 115 Å². The Bertz CT molecular complexity index is 611. The maximum atomic E-state index is 10.3. The monoisotopic (exact) mass is 252 g/mol. The van der Waals surface area contributed by atoms with E-state index in [1.54, 1.807) is 0 Å². The molecule has 2 aromatic carbocycles. The molecule has 1 atom stereocenters. The first-order chi connectivity index (χ1) is 9.04. The summed E-state index contributed by atoms with van der Waals surface area (Å²) in [5, 5.41) is 10.3. The van der Waals surface area contributed by atoms with Crippen molar-refractivity contribution in [3.63, 3.8) is 0 Å². The van der Waals surface area contributed by atoms with Crippen LogP contribution in [0.2, 0.25) is 0 Å². The van der Waals surface area contributed by atoms with Crippen LogP contribution in [0.25, 0.3) is 6.08 Å². The van der Waals surface area contributed by atoms with Crippen molar-refractivity contribution in [3.05, 3.63) is 70.8 Å². The van der Waals surface area contributed by atoms with Gasteiger partial charge in [-0.05, 0) is 30.5 Å². The van der Waals surface area contributed by atoms with E-state index in [0.717, 1.165) is 16.7 Å². The van der Waals surface area contributed by atoms with Crippen molar-refractivity contribution >= 4 is 6.08 Å². The van der Waals surface area contributed by atoms with Crippen LogP contribution in [0.1, 0.15) is 40.7 Å². The third-order valence-electron chi connectivity index (χ3n) is 3.62. The zero-order valence-corrected chi connectivity index (χ0v) is 11.8. The van der Waals surface area contributed by atoms with Crippen molar-refractivity contribution < 1.29 is 5.11 Å². The normalized spacial score (nSPS) is 12.2. The lowest BCUT2D eigenvalue weighted by Gasteiger charge is -2.18. The molecule has 1 nitrogen and oxygen atoms in total. The first kappa shape index (κ1) is 13.4. The highest BCUT2D eigenvalue weighted by molar-refractivity contribution is 5.56. The van der Waals surface area contributed by atoms with Crippen molar-refractivity contribution in [2.45, 2.75) is 26.7 Å². The second-order valence-corrected chi connectivity index (χ2v) is 5.07. The number of phenolic OH excluding ortho intramolecular Hbond substituents is 1. The third-order valence-corrected chi connectivity index (χ3v) is 3.62. The summed E-state index contributed by atoms with van der Waals surface area (Å²) in [6, 6.07) is 12.3. The molecule has 98 valence electrons. The van der Waals surface area contributed by atoms with Gasteiger partial charge >= 0.3 is 0 Å². The van der Waals surface area contributed by atoms with Crippen molar-refractivity contribution in [2.24, 2.45) is 0 Å². The summed E-state index contributed by atoms with van der Waals surface area (Å²) in [6.45, 7) is 9.98. The molecule has 1 N–H and O–H groups in total. The lowest BCUT2D eigenvalue weighted by Crippen LogP contribution is -2.00. The summed E-state index contributed by atoms with van der Waals surface area (Å²) in [4.78, 5) is 0. The maximum absolute atomic E-state index is 10.3. The van der Waals surface area contributed by atoms with E-state index in [4.69, 9.17) is 0 Å². The molecule has 0 spiro atoms. The second kappa shape index (κ2) is 5.31. The van der Waals surface area contributed by atoms with Crippen LogP contribution < -0.4 is 0 Å². The van der Waals surface area contributed by atoms with Gasteiger partial charge in [0.15, 0.2) is 0 Å².